The lowest BCUT2D eigenvalue weighted by Gasteiger charge is -2.29. The van der Waals surface area contributed by atoms with Gasteiger partial charge in [0.2, 0.25) is 0 Å². The molecule has 0 radical (unpaired) electrons. The highest BCUT2D eigenvalue weighted by Gasteiger charge is 2.16. The van der Waals surface area contributed by atoms with Crippen molar-refractivity contribution < 1.29 is 0 Å². The third-order valence-corrected chi connectivity index (χ3v) is 6.85. The molecule has 0 spiro atoms. The minimum Gasteiger partial charge on any atom is -0.356 e. The minimum absolute atomic E-state index is 0.0508. The fourth-order valence-corrected chi connectivity index (χ4v) is 4.75. The van der Waals surface area contributed by atoms with Crippen LogP contribution in [0.4, 0.5) is 0 Å². The molecule has 2 aromatic carbocycles. The van der Waals surface area contributed by atoms with Gasteiger partial charge in [0, 0.05) is 23.0 Å². The lowest BCUT2D eigenvalue weighted by molar-refractivity contribution is 0.279. The van der Waals surface area contributed by atoms with E-state index in [9.17, 15) is 4.79 Å². The first kappa shape index (κ1) is 25.9. The number of fused-ring (bicyclic) bond motifs is 1. The summed E-state index contributed by atoms with van der Waals surface area (Å²) >= 11 is 5.86. The molecule has 2 N–H and O–H groups in total. The van der Waals surface area contributed by atoms with Crippen molar-refractivity contribution in [2.45, 2.75) is 53.6 Å². The largest absolute Gasteiger partial charge is 0.356 e. The highest BCUT2D eigenvalue weighted by molar-refractivity contribution is 7.80. The molecule has 3 rings (SSSR count). The normalized spacial score (nSPS) is 12.2. The molecule has 1 heterocycles. The monoisotopic (exact) mass is 478 g/mol. The molecule has 1 atom stereocenters. The Morgan fingerprint density at radius 1 is 1.06 bits per heavy atom. The van der Waals surface area contributed by atoms with Crippen LogP contribution in [0.3, 0.4) is 0 Å². The predicted molar refractivity (Wildman–Crippen MR) is 147 cm³/mol. The zero-order valence-corrected chi connectivity index (χ0v) is 22.0. The molecule has 0 amide bonds. The van der Waals surface area contributed by atoms with E-state index in [1.165, 1.54) is 11.1 Å². The quantitative estimate of drug-likeness (QED) is 0.387. The number of benzene rings is 2. The van der Waals surface area contributed by atoms with Crippen LogP contribution in [0.5, 0.6) is 0 Å². The predicted octanol–water partition coefficient (Wildman–Crippen LogP) is 5.31. The molecule has 0 unspecified atom stereocenters. The van der Waals surface area contributed by atoms with E-state index in [4.69, 9.17) is 12.2 Å². The van der Waals surface area contributed by atoms with Gasteiger partial charge in [-0.25, -0.2) is 0 Å². The van der Waals surface area contributed by atoms with Crippen LogP contribution >= 0.6 is 12.2 Å². The molecular formula is C28H38N4OS. The van der Waals surface area contributed by atoms with E-state index < -0.39 is 0 Å². The summed E-state index contributed by atoms with van der Waals surface area (Å²) in [5.74, 6) is 0. The van der Waals surface area contributed by atoms with Gasteiger partial charge >= 0.3 is 0 Å². The van der Waals surface area contributed by atoms with Crippen molar-refractivity contribution in [3.63, 3.8) is 0 Å². The molecule has 1 aromatic heterocycles. The topological polar surface area (TPSA) is 51.4 Å². The zero-order valence-electron chi connectivity index (χ0n) is 21.1. The number of rotatable bonds is 10. The van der Waals surface area contributed by atoms with Crippen LogP contribution in [0.2, 0.25) is 0 Å². The van der Waals surface area contributed by atoms with Crippen LogP contribution in [-0.2, 0) is 6.54 Å². The van der Waals surface area contributed by atoms with Crippen molar-refractivity contribution in [2.75, 3.05) is 26.2 Å². The first-order valence-electron chi connectivity index (χ1n) is 12.3. The number of aryl methyl sites for hydroxylation is 2. The Balaban J connectivity index is 1.83. The van der Waals surface area contributed by atoms with Crippen molar-refractivity contribution in [3.8, 4) is 0 Å². The van der Waals surface area contributed by atoms with Crippen molar-refractivity contribution in [1.29, 1.82) is 0 Å². The summed E-state index contributed by atoms with van der Waals surface area (Å²) in [4.78, 5) is 20.6. The molecule has 0 fully saturated rings. The van der Waals surface area contributed by atoms with Gasteiger partial charge in [-0.3, -0.25) is 4.79 Å². The van der Waals surface area contributed by atoms with E-state index in [-0.39, 0.29) is 11.6 Å². The Kier molecular flexibility index (Phi) is 9.25. The summed E-state index contributed by atoms with van der Waals surface area (Å²) in [5, 5.41) is 5.25. The number of hydrogen-bond donors (Lipinski definition) is 2. The summed E-state index contributed by atoms with van der Waals surface area (Å²) in [6.45, 7) is 15.0. The van der Waals surface area contributed by atoms with Gasteiger partial charge < -0.3 is 20.1 Å². The molecule has 0 bridgehead atoms. The van der Waals surface area contributed by atoms with Crippen LogP contribution in [0.1, 0.15) is 55.5 Å². The van der Waals surface area contributed by atoms with Crippen LogP contribution in [0.15, 0.2) is 53.3 Å². The maximum Gasteiger partial charge on any atom is 0.253 e. The van der Waals surface area contributed by atoms with Crippen LogP contribution in [0.25, 0.3) is 10.9 Å². The third kappa shape index (κ3) is 6.67. The van der Waals surface area contributed by atoms with Crippen LogP contribution in [0, 0.1) is 13.8 Å². The highest BCUT2D eigenvalue weighted by Crippen LogP contribution is 2.19. The molecule has 0 saturated heterocycles. The summed E-state index contributed by atoms with van der Waals surface area (Å²) in [6.07, 6.45) is 0.979. The third-order valence-electron chi connectivity index (χ3n) is 6.47. The summed E-state index contributed by atoms with van der Waals surface area (Å²) < 4.78 is 0. The van der Waals surface area contributed by atoms with Gasteiger partial charge in [0.15, 0.2) is 5.11 Å². The second kappa shape index (κ2) is 12.1. The van der Waals surface area contributed by atoms with Crippen molar-refractivity contribution in [2.24, 2.45) is 0 Å². The van der Waals surface area contributed by atoms with Gasteiger partial charge in [-0.05, 0) is 87.9 Å². The lowest BCUT2D eigenvalue weighted by Crippen LogP contribution is -2.42. The zero-order chi connectivity index (χ0) is 24.7. The number of nitrogens with one attached hydrogen (secondary N) is 2. The Labute approximate surface area is 209 Å². The standard InChI is InChI=1S/C28H38N4OS/c1-6-31(7-2)14-11-15-32(28(34)29-22(5)23-12-9-8-10-13-23)19-24-18-25-21(4)16-20(3)17-26(25)30-27(24)33/h8-10,12-13,16-18,22H,6-7,11,14-15,19H2,1-5H3,(H,29,34)(H,30,33)/t22-/m0/s1. The Bertz CT molecular complexity index is 1150. The van der Waals surface area contributed by atoms with Crippen molar-refractivity contribution in [3.05, 3.63) is 81.1 Å². The molecule has 6 heteroatoms. The fourth-order valence-electron chi connectivity index (χ4n) is 4.42. The Morgan fingerprint density at radius 3 is 2.44 bits per heavy atom. The van der Waals surface area contributed by atoms with E-state index >= 15 is 0 Å². The molecule has 5 nitrogen and oxygen atoms in total. The van der Waals surface area contributed by atoms with E-state index in [2.05, 4.69) is 66.0 Å². The van der Waals surface area contributed by atoms with E-state index in [0.717, 1.165) is 54.6 Å². The van der Waals surface area contributed by atoms with Gasteiger partial charge in [-0.2, -0.15) is 0 Å². The fraction of sp³-hybridized carbons (Fsp3) is 0.429. The summed E-state index contributed by atoms with van der Waals surface area (Å²) in [7, 11) is 0. The van der Waals surface area contributed by atoms with Crippen LogP contribution < -0.4 is 10.9 Å². The highest BCUT2D eigenvalue weighted by atomic mass is 32.1. The molecule has 182 valence electrons. The molecule has 3 aromatic rings. The van der Waals surface area contributed by atoms with Gasteiger partial charge in [-0.15, -0.1) is 0 Å². The van der Waals surface area contributed by atoms with Gasteiger partial charge in [0.05, 0.1) is 12.6 Å². The molecule has 0 aliphatic rings. The number of H-pyrrole nitrogens is 1. The van der Waals surface area contributed by atoms with Gasteiger partial charge in [0.1, 0.15) is 0 Å². The number of hydrogen-bond acceptors (Lipinski definition) is 3. The second-order valence-electron chi connectivity index (χ2n) is 9.05. The maximum absolute atomic E-state index is 13.0. The average molecular weight is 479 g/mol. The number of aromatic nitrogens is 1. The number of nitrogens with zero attached hydrogens (tertiary/aromatic N) is 2. The van der Waals surface area contributed by atoms with E-state index in [0.29, 0.717) is 11.7 Å². The summed E-state index contributed by atoms with van der Waals surface area (Å²) in [6, 6.07) is 16.6. The molecule has 0 aliphatic carbocycles. The number of pyridine rings is 1. The molecule has 0 aliphatic heterocycles. The lowest BCUT2D eigenvalue weighted by atomic mass is 10.0. The molecular weight excluding hydrogens is 440 g/mol. The maximum atomic E-state index is 13.0. The summed E-state index contributed by atoms with van der Waals surface area (Å²) in [5.41, 5.74) is 5.06. The number of aromatic amines is 1. The van der Waals surface area contributed by atoms with Gasteiger partial charge in [0.25, 0.3) is 5.56 Å². The molecule has 0 saturated carbocycles. The Morgan fingerprint density at radius 2 is 1.76 bits per heavy atom. The van der Waals surface area contributed by atoms with Crippen LogP contribution in [-0.4, -0.2) is 46.1 Å². The van der Waals surface area contributed by atoms with Gasteiger partial charge in [-0.1, -0.05) is 50.2 Å². The van der Waals surface area contributed by atoms with Crippen molar-refractivity contribution in [1.82, 2.24) is 20.1 Å². The van der Waals surface area contributed by atoms with Crippen molar-refractivity contribution >= 4 is 28.2 Å². The molecule has 34 heavy (non-hydrogen) atoms. The minimum atomic E-state index is -0.0508. The average Bonchev–Trinajstić information content (AvgIpc) is 2.82. The second-order valence-corrected chi connectivity index (χ2v) is 9.44. The Hall–Kier alpha value is -2.70. The van der Waals surface area contributed by atoms with E-state index in [1.54, 1.807) is 0 Å². The SMILES string of the molecule is CCN(CC)CCCN(Cc1cc2c(C)cc(C)cc2[nH]c1=O)C(=S)N[C@@H](C)c1ccccc1. The number of thiocarbonyl (C=S) groups is 1. The first-order valence-corrected chi connectivity index (χ1v) is 12.7. The first-order chi connectivity index (χ1) is 16.3. The van der Waals surface area contributed by atoms with E-state index in [1.807, 2.05) is 37.3 Å². The smallest absolute Gasteiger partial charge is 0.253 e.